The van der Waals surface area contributed by atoms with E-state index in [9.17, 15) is 18.0 Å². The summed E-state index contributed by atoms with van der Waals surface area (Å²) >= 11 is 1.23. The Morgan fingerprint density at radius 3 is 2.24 bits per heavy atom. The minimum Gasteiger partial charge on any atom is -0.462 e. The monoisotopic (exact) mass is 555 g/mol. The van der Waals surface area contributed by atoms with Crippen molar-refractivity contribution in [2.24, 2.45) is 4.99 Å². The molecule has 0 spiro atoms. The Hall–Kier alpha value is -3.26. The number of benzene rings is 2. The van der Waals surface area contributed by atoms with Gasteiger partial charge in [0.15, 0.2) is 4.80 Å². The summed E-state index contributed by atoms with van der Waals surface area (Å²) in [7, 11) is -3.66. The lowest BCUT2D eigenvalue weighted by molar-refractivity contribution is 0.0526. The Morgan fingerprint density at radius 1 is 1.03 bits per heavy atom. The van der Waals surface area contributed by atoms with Crippen LogP contribution in [0.5, 0.6) is 0 Å². The summed E-state index contributed by atoms with van der Waals surface area (Å²) in [4.78, 5) is 30.0. The maximum atomic E-state index is 13.2. The predicted molar refractivity (Wildman–Crippen MR) is 150 cm³/mol. The first-order valence-electron chi connectivity index (χ1n) is 12.7. The minimum absolute atomic E-state index is 0.150. The van der Waals surface area contributed by atoms with Gasteiger partial charge in [-0.3, -0.25) is 4.79 Å². The molecule has 0 bridgehead atoms. The normalized spacial score (nSPS) is 12.1. The second-order valence-corrected chi connectivity index (χ2v) is 11.6. The first-order chi connectivity index (χ1) is 18.3. The maximum absolute atomic E-state index is 13.2. The van der Waals surface area contributed by atoms with Gasteiger partial charge >= 0.3 is 5.97 Å². The molecule has 1 aromatic heterocycles. The number of rotatable bonds is 12. The van der Waals surface area contributed by atoms with Gasteiger partial charge in [-0.05, 0) is 62.2 Å². The first-order valence-corrected chi connectivity index (χ1v) is 15.0. The summed E-state index contributed by atoms with van der Waals surface area (Å²) in [6.07, 6.45) is 8.92. The summed E-state index contributed by atoms with van der Waals surface area (Å²) in [6.45, 7) is 7.18. The molecule has 3 rings (SSSR count). The quantitative estimate of drug-likeness (QED) is 0.235. The number of carbonyl (C=O) groups excluding carboxylic acids is 2. The third-order valence-corrected chi connectivity index (χ3v) is 8.86. The van der Waals surface area contributed by atoms with E-state index in [4.69, 9.17) is 11.2 Å². The third kappa shape index (κ3) is 6.78. The summed E-state index contributed by atoms with van der Waals surface area (Å²) in [6, 6.07) is 11.0. The molecule has 0 saturated carbocycles. The molecule has 0 fully saturated rings. The molecule has 0 aliphatic rings. The summed E-state index contributed by atoms with van der Waals surface area (Å²) in [5, 5.41) is 0. The molecule has 202 valence electrons. The summed E-state index contributed by atoms with van der Waals surface area (Å²) in [5.41, 5.74) is 1.40. The lowest BCUT2D eigenvalue weighted by Gasteiger charge is -2.22. The smallest absolute Gasteiger partial charge is 0.338 e. The van der Waals surface area contributed by atoms with Gasteiger partial charge in [-0.15, -0.1) is 6.42 Å². The number of hydrogen-bond donors (Lipinski definition) is 0. The van der Waals surface area contributed by atoms with Gasteiger partial charge in [-0.25, -0.2) is 13.2 Å². The van der Waals surface area contributed by atoms with Gasteiger partial charge in [-0.1, -0.05) is 43.9 Å². The highest BCUT2D eigenvalue weighted by atomic mass is 32.2. The van der Waals surface area contributed by atoms with Crippen LogP contribution in [0.1, 0.15) is 67.2 Å². The van der Waals surface area contributed by atoms with E-state index in [1.165, 1.54) is 39.9 Å². The predicted octanol–water partition coefficient (Wildman–Crippen LogP) is 4.84. The molecule has 0 atom stereocenters. The Bertz CT molecular complexity index is 1490. The average molecular weight is 556 g/mol. The molecule has 0 N–H and O–H groups in total. The van der Waals surface area contributed by atoms with E-state index in [1.807, 2.05) is 13.8 Å². The summed E-state index contributed by atoms with van der Waals surface area (Å²) < 4.78 is 35.5. The van der Waals surface area contributed by atoms with Crippen molar-refractivity contribution in [2.75, 3.05) is 19.7 Å². The second-order valence-electron chi connectivity index (χ2n) is 8.63. The lowest BCUT2D eigenvalue weighted by Crippen LogP contribution is -2.33. The molecule has 2 aromatic carbocycles. The Labute approximate surface area is 228 Å². The number of sulfonamides is 1. The fourth-order valence-electron chi connectivity index (χ4n) is 3.84. The van der Waals surface area contributed by atoms with Crippen molar-refractivity contribution in [1.82, 2.24) is 8.87 Å². The molecule has 0 unspecified atom stereocenters. The van der Waals surface area contributed by atoms with E-state index < -0.39 is 21.9 Å². The molecule has 1 amide bonds. The van der Waals surface area contributed by atoms with Crippen molar-refractivity contribution in [3.05, 3.63) is 58.4 Å². The third-order valence-electron chi connectivity index (χ3n) is 5.90. The number of terminal acetylenes is 1. The Morgan fingerprint density at radius 2 is 1.66 bits per heavy atom. The van der Waals surface area contributed by atoms with Crippen molar-refractivity contribution in [3.8, 4) is 12.3 Å². The van der Waals surface area contributed by atoms with Gasteiger partial charge in [0.05, 0.1) is 33.8 Å². The van der Waals surface area contributed by atoms with Gasteiger partial charge in [0.2, 0.25) is 10.0 Å². The van der Waals surface area contributed by atoms with Gasteiger partial charge < -0.3 is 9.30 Å². The highest BCUT2D eigenvalue weighted by molar-refractivity contribution is 7.89. The first kappa shape index (κ1) is 29.3. The van der Waals surface area contributed by atoms with Crippen LogP contribution in [0.3, 0.4) is 0 Å². The van der Waals surface area contributed by atoms with Crippen molar-refractivity contribution < 1.29 is 22.7 Å². The van der Waals surface area contributed by atoms with Gasteiger partial charge in [-0.2, -0.15) is 9.30 Å². The van der Waals surface area contributed by atoms with Crippen molar-refractivity contribution in [3.63, 3.8) is 0 Å². The standard InChI is InChI=1S/C28H33N3O5S2/c1-5-9-18-30(19-10-6-2)38(34,35)23-14-11-21(12-15-23)26(32)29-28-31(17-7-3)24-16-13-22(20-25(24)37-28)27(33)36-8-4/h3,11-16,20H,5-6,8-10,17-19H2,1-2,4H3. The molecule has 10 heteroatoms. The van der Waals surface area contributed by atoms with E-state index in [2.05, 4.69) is 10.9 Å². The fraction of sp³-hybridized carbons (Fsp3) is 0.393. The number of fused-ring (bicyclic) bond motifs is 1. The van der Waals surface area contributed by atoms with Gasteiger partial charge in [0, 0.05) is 18.7 Å². The highest BCUT2D eigenvalue weighted by Gasteiger charge is 2.24. The fourth-order valence-corrected chi connectivity index (χ4v) is 6.42. The number of ether oxygens (including phenoxy) is 1. The number of aromatic nitrogens is 1. The number of nitrogens with zero attached hydrogens (tertiary/aromatic N) is 3. The van der Waals surface area contributed by atoms with Gasteiger partial charge in [0.25, 0.3) is 5.91 Å². The molecule has 8 nitrogen and oxygen atoms in total. The molecule has 0 radical (unpaired) electrons. The number of amides is 1. The maximum Gasteiger partial charge on any atom is 0.338 e. The van der Waals surface area contributed by atoms with Crippen LogP contribution >= 0.6 is 11.3 Å². The van der Waals surface area contributed by atoms with Crippen LogP contribution in [-0.4, -0.2) is 48.9 Å². The van der Waals surface area contributed by atoms with Crippen LogP contribution in [0.4, 0.5) is 0 Å². The van der Waals surface area contributed by atoms with Crippen molar-refractivity contribution >= 4 is 43.5 Å². The topological polar surface area (TPSA) is 98.0 Å². The van der Waals surface area contributed by atoms with Crippen LogP contribution in [0, 0.1) is 12.3 Å². The number of carbonyl (C=O) groups is 2. The van der Waals surface area contributed by atoms with Crippen LogP contribution in [0.2, 0.25) is 0 Å². The van der Waals surface area contributed by atoms with E-state index in [0.29, 0.717) is 23.5 Å². The van der Waals surface area contributed by atoms with E-state index in [-0.39, 0.29) is 23.6 Å². The van der Waals surface area contributed by atoms with Crippen LogP contribution in [-0.2, 0) is 21.3 Å². The zero-order valence-electron chi connectivity index (χ0n) is 22.0. The molecule has 3 aromatic rings. The zero-order chi connectivity index (χ0) is 27.7. The highest BCUT2D eigenvalue weighted by Crippen LogP contribution is 2.21. The molecule has 0 aliphatic heterocycles. The Balaban J connectivity index is 1.93. The zero-order valence-corrected chi connectivity index (χ0v) is 23.6. The average Bonchev–Trinajstić information content (AvgIpc) is 3.24. The van der Waals surface area contributed by atoms with E-state index >= 15 is 0 Å². The van der Waals surface area contributed by atoms with E-state index in [0.717, 1.165) is 35.9 Å². The molecule has 38 heavy (non-hydrogen) atoms. The number of thiazole rings is 1. The molecule has 0 saturated heterocycles. The Kier molecular flexibility index (Phi) is 10.4. The lowest BCUT2D eigenvalue weighted by atomic mass is 10.2. The molecule has 0 aliphatic carbocycles. The van der Waals surface area contributed by atoms with Crippen LogP contribution in [0.15, 0.2) is 52.4 Å². The van der Waals surface area contributed by atoms with Crippen LogP contribution in [0.25, 0.3) is 10.2 Å². The SMILES string of the molecule is C#CCn1c(=NC(=O)c2ccc(S(=O)(=O)N(CCCC)CCCC)cc2)sc2cc(C(=O)OCC)ccc21. The van der Waals surface area contributed by atoms with Gasteiger partial charge in [0.1, 0.15) is 0 Å². The second kappa shape index (κ2) is 13.5. The minimum atomic E-state index is -3.66. The number of esters is 1. The largest absolute Gasteiger partial charge is 0.462 e. The van der Waals surface area contributed by atoms with E-state index in [1.54, 1.807) is 29.7 Å². The number of unbranched alkanes of at least 4 members (excludes halogenated alkanes) is 2. The molecule has 1 heterocycles. The van der Waals surface area contributed by atoms with Crippen LogP contribution < -0.4 is 4.80 Å². The van der Waals surface area contributed by atoms with Crippen molar-refractivity contribution in [2.45, 2.75) is 57.9 Å². The van der Waals surface area contributed by atoms with Crippen molar-refractivity contribution in [1.29, 1.82) is 0 Å². The summed E-state index contributed by atoms with van der Waals surface area (Å²) in [5.74, 6) is 1.62. The molecular weight excluding hydrogens is 522 g/mol. The molecular formula is C28H33N3O5S2. The number of hydrogen-bond acceptors (Lipinski definition) is 6.